The Kier molecular flexibility index (Phi) is 6.68. The zero-order valence-corrected chi connectivity index (χ0v) is 13.1. The molecule has 1 saturated heterocycles. The summed E-state index contributed by atoms with van der Waals surface area (Å²) in [4.78, 5) is 4.54. The minimum absolute atomic E-state index is 0.216. The van der Waals surface area contributed by atoms with Crippen molar-refractivity contribution in [2.75, 3.05) is 59.1 Å². The summed E-state index contributed by atoms with van der Waals surface area (Å²) in [6.07, 6.45) is 0.397. The van der Waals surface area contributed by atoms with Crippen LogP contribution in [0.3, 0.4) is 0 Å². The first-order valence-electron chi connectivity index (χ1n) is 6.84. The third-order valence-electron chi connectivity index (χ3n) is 3.42. The molecule has 6 nitrogen and oxygen atoms in total. The van der Waals surface area contributed by atoms with Gasteiger partial charge < -0.3 is 10.0 Å². The lowest BCUT2D eigenvalue weighted by atomic mass is 10.2. The van der Waals surface area contributed by atoms with E-state index in [0.29, 0.717) is 6.42 Å². The molecule has 0 unspecified atom stereocenters. The van der Waals surface area contributed by atoms with Gasteiger partial charge in [-0.1, -0.05) is 0 Å². The second kappa shape index (κ2) is 7.54. The van der Waals surface area contributed by atoms with Gasteiger partial charge in [-0.25, -0.2) is 12.7 Å². The van der Waals surface area contributed by atoms with Crippen LogP contribution < -0.4 is 0 Å². The fraction of sp³-hybridized carbons (Fsp3) is 1.00. The van der Waals surface area contributed by atoms with Crippen molar-refractivity contribution in [2.24, 2.45) is 0 Å². The van der Waals surface area contributed by atoms with Crippen LogP contribution in [0.1, 0.15) is 13.3 Å². The maximum Gasteiger partial charge on any atom is 0.213 e. The quantitative estimate of drug-likeness (QED) is 0.670. The lowest BCUT2D eigenvalue weighted by Gasteiger charge is -2.35. The van der Waals surface area contributed by atoms with E-state index in [1.165, 1.54) is 4.31 Å². The highest BCUT2D eigenvalue weighted by molar-refractivity contribution is 7.89. The van der Waals surface area contributed by atoms with Gasteiger partial charge in [0.15, 0.2) is 0 Å². The van der Waals surface area contributed by atoms with Crippen molar-refractivity contribution in [2.45, 2.75) is 19.4 Å². The summed E-state index contributed by atoms with van der Waals surface area (Å²) < 4.78 is 24.5. The van der Waals surface area contributed by atoms with E-state index < -0.39 is 10.0 Å². The van der Waals surface area contributed by atoms with Gasteiger partial charge in [0.25, 0.3) is 0 Å². The largest absolute Gasteiger partial charge is 0.392 e. The van der Waals surface area contributed by atoms with Crippen molar-refractivity contribution in [1.29, 1.82) is 0 Å². The number of piperazine rings is 1. The van der Waals surface area contributed by atoms with Gasteiger partial charge in [-0.2, -0.15) is 0 Å². The molecular weight excluding hydrogens is 266 g/mol. The van der Waals surface area contributed by atoms with Gasteiger partial charge in [0.1, 0.15) is 0 Å². The molecule has 0 aliphatic carbocycles. The van der Waals surface area contributed by atoms with Crippen molar-refractivity contribution in [3.63, 3.8) is 0 Å². The van der Waals surface area contributed by atoms with Crippen LogP contribution in [0.4, 0.5) is 0 Å². The number of nitrogens with zero attached hydrogens (tertiary/aromatic N) is 3. The third kappa shape index (κ3) is 6.18. The summed E-state index contributed by atoms with van der Waals surface area (Å²) in [6.45, 7) is 7.16. The molecule has 1 rings (SSSR count). The number of aliphatic hydroxyl groups is 1. The van der Waals surface area contributed by atoms with Gasteiger partial charge in [-0.15, -0.1) is 0 Å². The van der Waals surface area contributed by atoms with E-state index in [0.717, 1.165) is 39.3 Å². The van der Waals surface area contributed by atoms with Gasteiger partial charge in [-0.05, 0) is 19.9 Å². The molecule has 0 saturated carbocycles. The topological polar surface area (TPSA) is 64.1 Å². The Morgan fingerprint density at radius 1 is 1.16 bits per heavy atom. The highest BCUT2D eigenvalue weighted by Gasteiger charge is 2.19. The molecule has 1 atom stereocenters. The molecular formula is C12H27N3O3S. The van der Waals surface area contributed by atoms with Crippen LogP contribution in [0, 0.1) is 0 Å². The summed E-state index contributed by atoms with van der Waals surface area (Å²) >= 11 is 0. The molecule has 0 aromatic rings. The molecule has 0 aromatic heterocycles. The predicted molar refractivity (Wildman–Crippen MR) is 76.7 cm³/mol. The Hall–Kier alpha value is -0.210. The van der Waals surface area contributed by atoms with Crippen LogP contribution in [-0.4, -0.2) is 92.9 Å². The number of hydrogen-bond donors (Lipinski definition) is 1. The van der Waals surface area contributed by atoms with Crippen LogP contribution in [0.25, 0.3) is 0 Å². The molecule has 0 radical (unpaired) electrons. The average molecular weight is 293 g/mol. The lowest BCUT2D eigenvalue weighted by Crippen LogP contribution is -2.48. The van der Waals surface area contributed by atoms with E-state index in [2.05, 4.69) is 9.80 Å². The van der Waals surface area contributed by atoms with Crippen molar-refractivity contribution in [3.8, 4) is 0 Å². The molecule has 1 aliphatic rings. The van der Waals surface area contributed by atoms with Crippen LogP contribution in [0.5, 0.6) is 0 Å². The van der Waals surface area contributed by atoms with E-state index in [4.69, 9.17) is 0 Å². The SMILES string of the molecule is C[C@H](O)CN1CCN(CCCS(=O)(=O)N(C)C)CC1. The Bertz CT molecular complexity index is 349. The predicted octanol–water partition coefficient (Wildman–Crippen LogP) is -0.734. The molecule has 1 heterocycles. The first-order chi connectivity index (χ1) is 8.81. The highest BCUT2D eigenvalue weighted by atomic mass is 32.2. The van der Waals surface area contributed by atoms with Gasteiger partial charge in [0.05, 0.1) is 11.9 Å². The van der Waals surface area contributed by atoms with E-state index in [1.54, 1.807) is 21.0 Å². The molecule has 1 N–H and O–H groups in total. The number of β-amino-alcohol motifs (C(OH)–C–C–N with tert-alkyl or cyclic N) is 1. The second-order valence-corrected chi connectivity index (χ2v) is 7.75. The molecule has 19 heavy (non-hydrogen) atoms. The van der Waals surface area contributed by atoms with Crippen LogP contribution in [0.15, 0.2) is 0 Å². The number of rotatable bonds is 7. The van der Waals surface area contributed by atoms with E-state index in [1.807, 2.05) is 0 Å². The Labute approximate surface area is 117 Å². The maximum absolute atomic E-state index is 11.6. The van der Waals surface area contributed by atoms with Crippen molar-refractivity contribution >= 4 is 10.0 Å². The molecule has 0 bridgehead atoms. The number of hydrogen-bond acceptors (Lipinski definition) is 5. The minimum atomic E-state index is -3.06. The fourth-order valence-corrected chi connectivity index (χ4v) is 3.08. The highest BCUT2D eigenvalue weighted by Crippen LogP contribution is 2.05. The van der Waals surface area contributed by atoms with Crippen LogP contribution in [0.2, 0.25) is 0 Å². The Balaban J connectivity index is 2.20. The fourth-order valence-electron chi connectivity index (χ4n) is 2.22. The summed E-state index contributed by atoms with van der Waals surface area (Å²) in [5.41, 5.74) is 0. The van der Waals surface area contributed by atoms with Crippen LogP contribution >= 0.6 is 0 Å². The summed E-state index contributed by atoms with van der Waals surface area (Å²) in [6, 6.07) is 0. The number of sulfonamides is 1. The molecule has 1 aliphatic heterocycles. The van der Waals surface area contributed by atoms with E-state index in [9.17, 15) is 13.5 Å². The van der Waals surface area contributed by atoms with Crippen molar-refractivity contribution in [1.82, 2.24) is 14.1 Å². The monoisotopic (exact) mass is 293 g/mol. The molecule has 1 fully saturated rings. The van der Waals surface area contributed by atoms with Gasteiger partial charge in [-0.3, -0.25) is 4.90 Å². The van der Waals surface area contributed by atoms with Gasteiger partial charge in [0.2, 0.25) is 10.0 Å². The molecule has 114 valence electrons. The first kappa shape index (κ1) is 16.8. The zero-order chi connectivity index (χ0) is 14.5. The lowest BCUT2D eigenvalue weighted by molar-refractivity contribution is 0.0809. The van der Waals surface area contributed by atoms with Gasteiger partial charge in [0, 0.05) is 46.8 Å². The standard InChI is InChI=1S/C12H27N3O3S/c1-12(16)11-15-8-6-14(7-9-15)5-4-10-19(17,18)13(2)3/h12,16H,4-11H2,1-3H3/t12-/m0/s1. The summed E-state index contributed by atoms with van der Waals surface area (Å²) in [7, 11) is 0.0847. The van der Waals surface area contributed by atoms with Crippen molar-refractivity contribution < 1.29 is 13.5 Å². The summed E-state index contributed by atoms with van der Waals surface area (Å²) in [5.74, 6) is 0.216. The normalized spacial score (nSPS) is 20.9. The Morgan fingerprint density at radius 3 is 2.16 bits per heavy atom. The molecule has 0 spiro atoms. The second-order valence-electron chi connectivity index (χ2n) is 5.44. The van der Waals surface area contributed by atoms with Gasteiger partial charge >= 0.3 is 0 Å². The average Bonchev–Trinajstić information content (AvgIpc) is 2.30. The third-order valence-corrected chi connectivity index (χ3v) is 5.34. The minimum Gasteiger partial charge on any atom is -0.392 e. The van der Waals surface area contributed by atoms with Crippen LogP contribution in [-0.2, 0) is 10.0 Å². The smallest absolute Gasteiger partial charge is 0.213 e. The molecule has 7 heteroatoms. The van der Waals surface area contributed by atoms with Crippen molar-refractivity contribution in [3.05, 3.63) is 0 Å². The Morgan fingerprint density at radius 2 is 1.68 bits per heavy atom. The molecule has 0 amide bonds. The first-order valence-corrected chi connectivity index (χ1v) is 8.45. The maximum atomic E-state index is 11.6. The van der Waals surface area contributed by atoms with E-state index >= 15 is 0 Å². The zero-order valence-electron chi connectivity index (χ0n) is 12.2. The number of aliphatic hydroxyl groups excluding tert-OH is 1. The summed E-state index contributed by atoms with van der Waals surface area (Å²) in [5, 5.41) is 9.33. The molecule has 0 aromatic carbocycles. The van der Waals surface area contributed by atoms with E-state index in [-0.39, 0.29) is 11.9 Å².